The van der Waals surface area contributed by atoms with Gasteiger partial charge in [-0.05, 0) is 38.0 Å². The van der Waals surface area contributed by atoms with Gasteiger partial charge in [-0.2, -0.15) is 0 Å². The summed E-state index contributed by atoms with van der Waals surface area (Å²) < 4.78 is 5.19. The lowest BCUT2D eigenvalue weighted by Gasteiger charge is -2.31. The molecule has 5 nitrogen and oxygen atoms in total. The molecule has 1 amide bonds. The molecule has 0 heterocycles. The van der Waals surface area contributed by atoms with Crippen LogP contribution in [-0.4, -0.2) is 24.1 Å². The van der Waals surface area contributed by atoms with E-state index in [2.05, 4.69) is 11.9 Å². The van der Waals surface area contributed by atoms with Gasteiger partial charge in [0.1, 0.15) is 5.75 Å². The summed E-state index contributed by atoms with van der Waals surface area (Å²) in [6, 6.07) is 7.08. The van der Waals surface area contributed by atoms with Crippen molar-refractivity contribution in [1.29, 1.82) is 0 Å². The Morgan fingerprint density at radius 1 is 1.43 bits per heavy atom. The minimum atomic E-state index is -1.01. The molecule has 0 saturated carbocycles. The lowest BCUT2D eigenvalue weighted by Crippen LogP contribution is -2.47. The first-order valence-corrected chi connectivity index (χ1v) is 7.50. The van der Waals surface area contributed by atoms with Crippen molar-refractivity contribution < 1.29 is 19.4 Å². The first kappa shape index (κ1) is 18.7. The molecule has 23 heavy (non-hydrogen) atoms. The normalized spacial score (nSPS) is 14.4. The minimum Gasteiger partial charge on any atom is -0.497 e. The number of hydrogen-bond acceptors (Lipinski definition) is 3. The Hall–Kier alpha value is -2.30. The summed E-state index contributed by atoms with van der Waals surface area (Å²) in [5.74, 6) is -0.836. The maximum absolute atomic E-state index is 12.4. The number of amides is 1. The number of carboxylic acid groups (broad SMARTS) is 1. The van der Waals surface area contributed by atoms with E-state index in [0.29, 0.717) is 17.7 Å². The number of hydrogen-bond donors (Lipinski definition) is 2. The number of aliphatic carboxylic acids is 1. The van der Waals surface area contributed by atoms with E-state index in [1.54, 1.807) is 45.2 Å². The van der Waals surface area contributed by atoms with Gasteiger partial charge in [0.25, 0.3) is 0 Å². The van der Waals surface area contributed by atoms with Crippen LogP contribution in [0.4, 0.5) is 0 Å². The van der Waals surface area contributed by atoms with Gasteiger partial charge >= 0.3 is 5.97 Å². The topological polar surface area (TPSA) is 75.6 Å². The van der Waals surface area contributed by atoms with Crippen LogP contribution in [0, 0.1) is 5.92 Å². The number of methoxy groups -OCH3 is 1. The van der Waals surface area contributed by atoms with E-state index in [1.165, 1.54) is 0 Å². The zero-order valence-corrected chi connectivity index (χ0v) is 14.2. The predicted molar refractivity (Wildman–Crippen MR) is 89.3 cm³/mol. The van der Waals surface area contributed by atoms with E-state index >= 15 is 0 Å². The van der Waals surface area contributed by atoms with E-state index in [9.17, 15) is 14.7 Å². The Labute approximate surface area is 137 Å². The number of allylic oxidation sites excluding steroid dienone is 1. The highest BCUT2D eigenvalue weighted by molar-refractivity contribution is 5.80. The monoisotopic (exact) mass is 319 g/mol. The first-order chi connectivity index (χ1) is 10.7. The molecule has 1 rings (SSSR count). The van der Waals surface area contributed by atoms with Gasteiger partial charge in [0.15, 0.2) is 0 Å². The highest BCUT2D eigenvalue weighted by Gasteiger charge is 2.33. The van der Waals surface area contributed by atoms with E-state index in [0.717, 1.165) is 5.57 Å². The molecule has 1 aromatic rings. The third kappa shape index (κ3) is 5.43. The van der Waals surface area contributed by atoms with Gasteiger partial charge in [-0.1, -0.05) is 24.6 Å². The van der Waals surface area contributed by atoms with Crippen molar-refractivity contribution in [3.8, 4) is 5.75 Å². The smallest absolute Gasteiger partial charge is 0.306 e. The van der Waals surface area contributed by atoms with Gasteiger partial charge in [-0.3, -0.25) is 9.59 Å². The molecule has 2 N–H and O–H groups in total. The molecule has 0 aliphatic carbocycles. The molecule has 0 radical (unpaired) electrons. The van der Waals surface area contributed by atoms with Crippen LogP contribution in [0.3, 0.4) is 0 Å². The summed E-state index contributed by atoms with van der Waals surface area (Å²) in [4.78, 5) is 23.7. The SMILES string of the molecule is C=C(C)CC(C)C(=O)NC(C)(CC(=O)O)c1cccc(OC)c1. The lowest BCUT2D eigenvalue weighted by atomic mass is 9.87. The second-order valence-corrected chi connectivity index (χ2v) is 6.19. The summed E-state index contributed by atoms with van der Waals surface area (Å²) in [6.07, 6.45) is 0.346. The Kier molecular flexibility index (Phi) is 6.37. The average molecular weight is 319 g/mol. The van der Waals surface area contributed by atoms with Crippen LogP contribution in [0.5, 0.6) is 5.75 Å². The molecule has 0 fully saturated rings. The van der Waals surface area contributed by atoms with Crippen molar-refractivity contribution in [3.05, 3.63) is 42.0 Å². The molecule has 2 atom stereocenters. The maximum Gasteiger partial charge on any atom is 0.306 e. The van der Waals surface area contributed by atoms with Crippen LogP contribution in [0.25, 0.3) is 0 Å². The summed E-state index contributed by atoms with van der Waals surface area (Å²) in [7, 11) is 1.54. The van der Waals surface area contributed by atoms with Crippen molar-refractivity contribution in [2.24, 2.45) is 5.92 Å². The molecule has 0 spiro atoms. The standard InChI is InChI=1S/C18H25NO4/c1-12(2)9-13(3)17(22)19-18(4,11-16(20)21)14-7-6-8-15(10-14)23-5/h6-8,10,13H,1,9,11H2,2-5H3,(H,19,22)(H,20,21). The molecular formula is C18H25NO4. The van der Waals surface area contributed by atoms with Crippen molar-refractivity contribution in [1.82, 2.24) is 5.32 Å². The van der Waals surface area contributed by atoms with Crippen LogP contribution >= 0.6 is 0 Å². The molecule has 0 bridgehead atoms. The van der Waals surface area contributed by atoms with Gasteiger partial charge in [0, 0.05) is 5.92 Å². The van der Waals surface area contributed by atoms with Crippen molar-refractivity contribution in [2.75, 3.05) is 7.11 Å². The molecule has 0 aliphatic rings. The molecule has 1 aromatic carbocycles. The maximum atomic E-state index is 12.4. The van der Waals surface area contributed by atoms with E-state index < -0.39 is 11.5 Å². The zero-order chi connectivity index (χ0) is 17.6. The molecule has 0 saturated heterocycles. The number of nitrogens with one attached hydrogen (secondary N) is 1. The molecular weight excluding hydrogens is 294 g/mol. The Bertz CT molecular complexity index is 596. The van der Waals surface area contributed by atoms with Gasteiger partial charge in [-0.25, -0.2) is 0 Å². The quantitative estimate of drug-likeness (QED) is 0.722. The Morgan fingerprint density at radius 3 is 2.61 bits per heavy atom. The van der Waals surface area contributed by atoms with Crippen molar-refractivity contribution >= 4 is 11.9 Å². The van der Waals surface area contributed by atoms with Gasteiger partial charge in [-0.15, -0.1) is 6.58 Å². The number of ether oxygens (including phenoxy) is 1. The van der Waals surface area contributed by atoms with Gasteiger partial charge < -0.3 is 15.2 Å². The summed E-state index contributed by atoms with van der Waals surface area (Å²) in [5.41, 5.74) is 0.588. The lowest BCUT2D eigenvalue weighted by molar-refractivity contribution is -0.139. The fourth-order valence-electron chi connectivity index (χ4n) is 2.50. The highest BCUT2D eigenvalue weighted by atomic mass is 16.5. The highest BCUT2D eigenvalue weighted by Crippen LogP contribution is 2.28. The van der Waals surface area contributed by atoms with E-state index in [-0.39, 0.29) is 18.2 Å². The third-order valence-electron chi connectivity index (χ3n) is 3.71. The van der Waals surface area contributed by atoms with Crippen molar-refractivity contribution in [3.63, 3.8) is 0 Å². The molecule has 0 aliphatic heterocycles. The summed E-state index contributed by atoms with van der Waals surface area (Å²) >= 11 is 0. The Balaban J connectivity index is 3.08. The van der Waals surface area contributed by atoms with Crippen molar-refractivity contribution in [2.45, 2.75) is 39.2 Å². The van der Waals surface area contributed by atoms with E-state index in [4.69, 9.17) is 4.74 Å². The largest absolute Gasteiger partial charge is 0.497 e. The number of benzene rings is 1. The van der Waals surface area contributed by atoms with Crippen LogP contribution in [0.1, 0.15) is 39.2 Å². The minimum absolute atomic E-state index is 0.195. The van der Waals surface area contributed by atoms with Crippen LogP contribution in [0.15, 0.2) is 36.4 Å². The number of carbonyl (C=O) groups is 2. The summed E-state index contributed by atoms with van der Waals surface area (Å²) in [6.45, 7) is 9.19. The first-order valence-electron chi connectivity index (χ1n) is 7.50. The fourth-order valence-corrected chi connectivity index (χ4v) is 2.50. The number of carbonyl (C=O) groups excluding carboxylic acids is 1. The van der Waals surface area contributed by atoms with Crippen LogP contribution in [0.2, 0.25) is 0 Å². The van der Waals surface area contributed by atoms with Gasteiger partial charge in [0.2, 0.25) is 5.91 Å². The van der Waals surface area contributed by atoms with Crippen LogP contribution < -0.4 is 10.1 Å². The molecule has 2 unspecified atom stereocenters. The summed E-state index contributed by atoms with van der Waals surface area (Å²) in [5, 5.41) is 12.1. The van der Waals surface area contributed by atoms with E-state index in [1.807, 2.05) is 6.92 Å². The average Bonchev–Trinajstić information content (AvgIpc) is 2.45. The molecule has 5 heteroatoms. The predicted octanol–water partition coefficient (Wildman–Crippen LogP) is 3.10. The number of rotatable bonds is 8. The second kappa shape index (κ2) is 7.81. The second-order valence-electron chi connectivity index (χ2n) is 6.19. The molecule has 126 valence electrons. The van der Waals surface area contributed by atoms with Crippen LogP contribution in [-0.2, 0) is 15.1 Å². The Morgan fingerprint density at radius 2 is 2.09 bits per heavy atom. The third-order valence-corrected chi connectivity index (χ3v) is 3.71. The zero-order valence-electron chi connectivity index (χ0n) is 14.2. The number of carboxylic acids is 1. The molecule has 0 aromatic heterocycles. The van der Waals surface area contributed by atoms with Gasteiger partial charge in [0.05, 0.1) is 19.1 Å². The fraction of sp³-hybridized carbons (Fsp3) is 0.444.